The summed E-state index contributed by atoms with van der Waals surface area (Å²) >= 11 is 0. The molecule has 0 aliphatic heterocycles. The van der Waals surface area contributed by atoms with E-state index in [-0.39, 0.29) is 0 Å². The normalized spacial score (nSPS) is 12.4. The van der Waals surface area contributed by atoms with Crippen LogP contribution in [0, 0.1) is 13.8 Å². The van der Waals surface area contributed by atoms with Gasteiger partial charge in [0.1, 0.15) is 0 Å². The molecule has 0 saturated carbocycles. The van der Waals surface area contributed by atoms with Gasteiger partial charge in [-0.3, -0.25) is 0 Å². The highest BCUT2D eigenvalue weighted by atomic mass is 19.4. The summed E-state index contributed by atoms with van der Waals surface area (Å²) in [5, 5.41) is 0. The van der Waals surface area contributed by atoms with Crippen molar-refractivity contribution in [3.8, 4) is 0 Å². The van der Waals surface area contributed by atoms with Crippen LogP contribution in [0.5, 0.6) is 0 Å². The molecule has 0 aliphatic rings. The molecular weight excluding hydrogens is 229 g/mol. The maximum atomic E-state index is 12.9. The largest absolute Gasteiger partial charge is 0.495 e. The Balaban J connectivity index is 2.91. The van der Waals surface area contributed by atoms with Crippen LogP contribution in [0.3, 0.4) is 0 Å². The van der Waals surface area contributed by atoms with Crippen molar-refractivity contribution in [3.63, 3.8) is 0 Å². The first-order chi connectivity index (χ1) is 7.73. The highest BCUT2D eigenvalue weighted by molar-refractivity contribution is 5.74. The first-order valence-corrected chi connectivity index (χ1v) is 5.26. The highest BCUT2D eigenvalue weighted by Crippen LogP contribution is 2.29. The summed E-state index contributed by atoms with van der Waals surface area (Å²) in [5.41, 5.74) is 3.19. The van der Waals surface area contributed by atoms with E-state index in [1.165, 1.54) is 23.2 Å². The molecule has 2 rings (SSSR count). The molecule has 0 radical (unpaired) electrons. The molecule has 1 aromatic heterocycles. The molecule has 17 heavy (non-hydrogen) atoms. The minimum atomic E-state index is -4.34. The van der Waals surface area contributed by atoms with E-state index in [0.29, 0.717) is 11.0 Å². The maximum Gasteiger partial charge on any atom is 0.495 e. The van der Waals surface area contributed by atoms with Gasteiger partial charge < -0.3 is 0 Å². The predicted molar refractivity (Wildman–Crippen MR) is 58.6 cm³/mol. The van der Waals surface area contributed by atoms with E-state index in [2.05, 4.69) is 0 Å². The molecule has 2 nitrogen and oxygen atoms in total. The third-order valence-electron chi connectivity index (χ3n) is 3.20. The summed E-state index contributed by atoms with van der Waals surface area (Å²) in [5.74, 6) is -0.641. The van der Waals surface area contributed by atoms with Gasteiger partial charge >= 0.3 is 12.0 Å². The van der Waals surface area contributed by atoms with E-state index in [0.717, 1.165) is 11.1 Å². The van der Waals surface area contributed by atoms with Crippen molar-refractivity contribution in [1.29, 1.82) is 0 Å². The number of rotatable bonds is 0. The molecule has 1 aromatic carbocycles. The molecule has 0 unspecified atom stereocenters. The van der Waals surface area contributed by atoms with E-state index >= 15 is 0 Å². The number of alkyl halides is 3. The van der Waals surface area contributed by atoms with Crippen molar-refractivity contribution >= 4 is 11.0 Å². The van der Waals surface area contributed by atoms with E-state index < -0.39 is 12.0 Å². The standard InChI is InChI=1S/C12H14F3N2/c1-7-5-9-10(6-8(7)2)17(4)11(16(9)3)12(13,14)15/h5-6H,1-4H3/q+1. The van der Waals surface area contributed by atoms with Crippen molar-refractivity contribution in [2.75, 3.05) is 0 Å². The lowest BCUT2D eigenvalue weighted by molar-refractivity contribution is -0.667. The van der Waals surface area contributed by atoms with Crippen LogP contribution in [0.15, 0.2) is 12.1 Å². The monoisotopic (exact) mass is 243 g/mol. The van der Waals surface area contributed by atoms with Crippen LogP contribution in [0.4, 0.5) is 13.2 Å². The second-order valence-electron chi connectivity index (χ2n) is 4.36. The number of fused-ring (bicyclic) bond motifs is 1. The topological polar surface area (TPSA) is 8.81 Å². The van der Waals surface area contributed by atoms with Gasteiger partial charge in [-0.25, -0.2) is 9.13 Å². The van der Waals surface area contributed by atoms with Crippen molar-refractivity contribution in [1.82, 2.24) is 4.57 Å². The molecule has 5 heteroatoms. The Hall–Kier alpha value is -1.52. The lowest BCUT2D eigenvalue weighted by Crippen LogP contribution is -2.37. The summed E-state index contributed by atoms with van der Waals surface area (Å²) in [4.78, 5) is 0. The molecule has 0 atom stereocenters. The average Bonchev–Trinajstić information content (AvgIpc) is 2.40. The fraction of sp³-hybridized carbons (Fsp3) is 0.417. The molecular formula is C12H14F3N2+. The van der Waals surface area contributed by atoms with Crippen molar-refractivity contribution in [3.05, 3.63) is 29.1 Å². The summed E-state index contributed by atoms with van der Waals surface area (Å²) in [6.07, 6.45) is -4.34. The molecule has 0 spiro atoms. The zero-order valence-electron chi connectivity index (χ0n) is 10.2. The number of hydrogen-bond donors (Lipinski definition) is 0. The lowest BCUT2D eigenvalue weighted by Gasteiger charge is -2.01. The van der Waals surface area contributed by atoms with Crippen LogP contribution >= 0.6 is 0 Å². The van der Waals surface area contributed by atoms with E-state index in [1.807, 2.05) is 13.8 Å². The van der Waals surface area contributed by atoms with Gasteiger partial charge in [-0.05, 0) is 37.1 Å². The van der Waals surface area contributed by atoms with Crippen molar-refractivity contribution in [2.45, 2.75) is 20.0 Å². The Kier molecular flexibility index (Phi) is 2.45. The third kappa shape index (κ3) is 1.69. The number of aromatic nitrogens is 2. The Morgan fingerprint density at radius 3 is 2.18 bits per heavy atom. The summed E-state index contributed by atoms with van der Waals surface area (Å²) in [7, 11) is 2.89. The van der Waals surface area contributed by atoms with Crippen molar-refractivity contribution in [2.24, 2.45) is 14.1 Å². The number of benzene rings is 1. The first-order valence-electron chi connectivity index (χ1n) is 5.26. The Bertz CT molecular complexity index is 549. The third-order valence-corrected chi connectivity index (χ3v) is 3.20. The van der Waals surface area contributed by atoms with Gasteiger partial charge in [0.05, 0.1) is 14.1 Å². The zero-order chi connectivity index (χ0) is 13.0. The maximum absolute atomic E-state index is 12.9. The molecule has 0 amide bonds. The van der Waals surface area contributed by atoms with Gasteiger partial charge in [-0.1, -0.05) is 0 Å². The van der Waals surface area contributed by atoms with Crippen LogP contribution in [-0.4, -0.2) is 4.57 Å². The second-order valence-corrected chi connectivity index (χ2v) is 4.36. The summed E-state index contributed by atoms with van der Waals surface area (Å²) in [6.45, 7) is 3.80. The quantitative estimate of drug-likeness (QED) is 0.629. The average molecular weight is 243 g/mol. The smallest absolute Gasteiger partial charge is 0.222 e. The van der Waals surface area contributed by atoms with Crippen LogP contribution < -0.4 is 4.57 Å². The molecule has 0 saturated heterocycles. The van der Waals surface area contributed by atoms with Gasteiger partial charge in [0.15, 0.2) is 11.0 Å². The van der Waals surface area contributed by atoms with Gasteiger partial charge in [0.2, 0.25) is 0 Å². The molecule has 0 bridgehead atoms. The summed E-state index contributed by atoms with van der Waals surface area (Å²) < 4.78 is 41.1. The van der Waals surface area contributed by atoms with E-state index in [4.69, 9.17) is 0 Å². The fourth-order valence-electron chi connectivity index (χ4n) is 2.16. The molecule has 0 N–H and O–H groups in total. The molecule has 0 fully saturated rings. The lowest BCUT2D eigenvalue weighted by atomic mass is 10.1. The molecule has 2 aromatic rings. The van der Waals surface area contributed by atoms with Crippen LogP contribution in [0.2, 0.25) is 0 Å². The number of nitrogens with zero attached hydrogens (tertiary/aromatic N) is 2. The Morgan fingerprint density at radius 1 is 1.12 bits per heavy atom. The van der Waals surface area contributed by atoms with Gasteiger partial charge in [0.25, 0.3) is 0 Å². The highest BCUT2D eigenvalue weighted by Gasteiger charge is 2.45. The number of aryl methyl sites for hydroxylation is 4. The van der Waals surface area contributed by atoms with Gasteiger partial charge in [-0.15, -0.1) is 0 Å². The summed E-state index contributed by atoms with van der Waals surface area (Å²) in [6, 6.07) is 3.58. The minimum Gasteiger partial charge on any atom is -0.222 e. The molecule has 92 valence electrons. The second kappa shape index (κ2) is 3.48. The zero-order valence-corrected chi connectivity index (χ0v) is 10.2. The molecule has 1 heterocycles. The van der Waals surface area contributed by atoms with E-state index in [1.54, 1.807) is 12.1 Å². The number of imidazole rings is 1. The van der Waals surface area contributed by atoms with Crippen LogP contribution in [-0.2, 0) is 20.3 Å². The Labute approximate surface area is 97.3 Å². The SMILES string of the molecule is Cc1cc2c(cc1C)[n+](C)c(C(F)(F)F)n2C. The van der Waals surface area contributed by atoms with Gasteiger partial charge in [-0.2, -0.15) is 13.2 Å². The van der Waals surface area contributed by atoms with Crippen LogP contribution in [0.25, 0.3) is 11.0 Å². The number of halogens is 3. The fourth-order valence-corrected chi connectivity index (χ4v) is 2.16. The first kappa shape index (κ1) is 12.0. The minimum absolute atomic E-state index is 0.600. The van der Waals surface area contributed by atoms with Crippen molar-refractivity contribution < 1.29 is 17.7 Å². The van der Waals surface area contributed by atoms with Crippen LogP contribution in [0.1, 0.15) is 17.0 Å². The predicted octanol–water partition coefficient (Wildman–Crippen LogP) is 2.64. The number of hydrogen-bond acceptors (Lipinski definition) is 0. The van der Waals surface area contributed by atoms with E-state index in [9.17, 15) is 13.2 Å². The Morgan fingerprint density at radius 2 is 1.65 bits per heavy atom. The van der Waals surface area contributed by atoms with Gasteiger partial charge in [0, 0.05) is 0 Å². The molecule has 0 aliphatic carbocycles.